The molecule has 1 aromatic heterocycles. The second kappa shape index (κ2) is 5.76. The highest BCUT2D eigenvalue weighted by atomic mass is 35.5. The van der Waals surface area contributed by atoms with Gasteiger partial charge in [0.2, 0.25) is 0 Å². The van der Waals surface area contributed by atoms with Crippen molar-refractivity contribution in [1.82, 2.24) is 9.88 Å². The highest BCUT2D eigenvalue weighted by Crippen LogP contribution is 2.32. The van der Waals surface area contributed by atoms with E-state index in [4.69, 9.17) is 16.3 Å². The number of pyridine rings is 1. The van der Waals surface area contributed by atoms with Crippen molar-refractivity contribution in [3.8, 4) is 5.75 Å². The second-order valence-corrected chi connectivity index (χ2v) is 6.24. The Morgan fingerprint density at radius 1 is 1.36 bits per heavy atom. The third kappa shape index (κ3) is 2.41. The minimum Gasteiger partial charge on any atom is -0.496 e. The number of carbonyl (C=O) groups is 1. The number of hydrogen-bond donors (Lipinski definition) is 0. The van der Waals surface area contributed by atoms with Crippen LogP contribution >= 0.6 is 11.6 Å². The van der Waals surface area contributed by atoms with E-state index in [9.17, 15) is 4.79 Å². The average Bonchev–Trinajstić information content (AvgIpc) is 2.85. The minimum absolute atomic E-state index is 0.0578. The summed E-state index contributed by atoms with van der Waals surface area (Å²) < 4.78 is 5.37. The van der Waals surface area contributed by atoms with E-state index in [1.807, 2.05) is 23.1 Å². The van der Waals surface area contributed by atoms with E-state index in [1.165, 1.54) is 0 Å². The van der Waals surface area contributed by atoms with Gasteiger partial charge in [0.15, 0.2) is 0 Å². The van der Waals surface area contributed by atoms with E-state index in [1.54, 1.807) is 13.2 Å². The van der Waals surface area contributed by atoms with Gasteiger partial charge >= 0.3 is 0 Å². The molecule has 4 nitrogen and oxygen atoms in total. The van der Waals surface area contributed by atoms with E-state index >= 15 is 0 Å². The van der Waals surface area contributed by atoms with Gasteiger partial charge in [-0.25, -0.2) is 4.98 Å². The lowest BCUT2D eigenvalue weighted by Gasteiger charge is -2.23. The number of fused-ring (bicyclic) bond motifs is 1. The number of benzene rings is 1. The highest BCUT2D eigenvalue weighted by molar-refractivity contribution is 6.30. The average molecular weight is 319 g/mol. The van der Waals surface area contributed by atoms with Crippen molar-refractivity contribution >= 4 is 28.3 Å². The van der Waals surface area contributed by atoms with Crippen LogP contribution in [0.5, 0.6) is 5.75 Å². The van der Waals surface area contributed by atoms with E-state index < -0.39 is 0 Å². The molecule has 2 atom stereocenters. The van der Waals surface area contributed by atoms with Crippen LogP contribution in [0, 0.1) is 5.92 Å². The van der Waals surface area contributed by atoms with Gasteiger partial charge in [0.1, 0.15) is 16.6 Å². The summed E-state index contributed by atoms with van der Waals surface area (Å²) in [6.07, 6.45) is 1.02. The van der Waals surface area contributed by atoms with Crippen LogP contribution in [0.2, 0.25) is 5.15 Å². The molecule has 2 aromatic rings. The molecule has 1 unspecified atom stereocenters. The van der Waals surface area contributed by atoms with Gasteiger partial charge in [0.05, 0.1) is 7.11 Å². The summed E-state index contributed by atoms with van der Waals surface area (Å²) in [5.74, 6) is 1.14. The first-order valence-electron chi connectivity index (χ1n) is 7.47. The van der Waals surface area contributed by atoms with Gasteiger partial charge in [0.25, 0.3) is 5.91 Å². The Hall–Kier alpha value is -1.81. The molecule has 2 heterocycles. The van der Waals surface area contributed by atoms with Gasteiger partial charge in [-0.3, -0.25) is 4.79 Å². The Morgan fingerprint density at radius 2 is 2.14 bits per heavy atom. The molecule has 0 aliphatic carbocycles. The second-order valence-electron chi connectivity index (χ2n) is 5.85. The summed E-state index contributed by atoms with van der Waals surface area (Å²) in [7, 11) is 1.61. The van der Waals surface area contributed by atoms with Crippen LogP contribution in [0.3, 0.4) is 0 Å². The van der Waals surface area contributed by atoms with Crippen molar-refractivity contribution in [3.05, 3.63) is 35.1 Å². The van der Waals surface area contributed by atoms with Crippen LogP contribution in [-0.4, -0.2) is 35.5 Å². The molecule has 3 rings (SSSR count). The van der Waals surface area contributed by atoms with Gasteiger partial charge in [0, 0.05) is 23.4 Å². The van der Waals surface area contributed by atoms with Gasteiger partial charge < -0.3 is 9.64 Å². The van der Waals surface area contributed by atoms with Crippen molar-refractivity contribution in [2.75, 3.05) is 13.7 Å². The number of halogens is 1. The number of ether oxygens (including phenoxy) is 1. The Bertz CT molecular complexity index is 732. The third-order valence-electron chi connectivity index (χ3n) is 4.63. The SMILES string of the molecule is COc1cccc2c(C(=O)N3CCC(C)[C@H]3C)nc(Cl)cc12. The van der Waals surface area contributed by atoms with Crippen molar-refractivity contribution in [1.29, 1.82) is 0 Å². The van der Waals surface area contributed by atoms with Crippen molar-refractivity contribution < 1.29 is 9.53 Å². The molecule has 0 radical (unpaired) electrons. The molecule has 0 bridgehead atoms. The predicted molar refractivity (Wildman–Crippen MR) is 87.6 cm³/mol. The fourth-order valence-electron chi connectivity index (χ4n) is 3.08. The monoisotopic (exact) mass is 318 g/mol. The quantitative estimate of drug-likeness (QED) is 0.792. The summed E-state index contributed by atoms with van der Waals surface area (Å²) in [4.78, 5) is 19.1. The Balaban J connectivity index is 2.12. The number of aromatic nitrogens is 1. The van der Waals surface area contributed by atoms with Crippen molar-refractivity contribution in [3.63, 3.8) is 0 Å². The standard InChI is InChI=1S/C17H19ClN2O2/c1-10-7-8-20(11(10)2)17(21)16-12-5-4-6-14(22-3)13(12)9-15(18)19-16/h4-6,9-11H,7-8H2,1-3H3/t10?,11-/m1/s1. The molecule has 22 heavy (non-hydrogen) atoms. The summed E-state index contributed by atoms with van der Waals surface area (Å²) >= 11 is 6.13. The van der Waals surface area contributed by atoms with Gasteiger partial charge in [-0.2, -0.15) is 0 Å². The maximum Gasteiger partial charge on any atom is 0.273 e. The first-order chi connectivity index (χ1) is 10.5. The molecule has 1 amide bonds. The zero-order chi connectivity index (χ0) is 15.9. The lowest BCUT2D eigenvalue weighted by atomic mass is 10.0. The third-order valence-corrected chi connectivity index (χ3v) is 4.82. The largest absolute Gasteiger partial charge is 0.496 e. The number of nitrogens with zero attached hydrogens (tertiary/aromatic N) is 2. The first kappa shape index (κ1) is 15.1. The molecule has 1 fully saturated rings. The Kier molecular flexibility index (Phi) is 3.96. The number of amides is 1. The number of methoxy groups -OCH3 is 1. The van der Waals surface area contributed by atoms with Gasteiger partial charge in [-0.15, -0.1) is 0 Å². The van der Waals surface area contributed by atoms with Crippen LogP contribution in [0.1, 0.15) is 30.8 Å². The summed E-state index contributed by atoms with van der Waals surface area (Å²) in [6.45, 7) is 5.02. The fourth-order valence-corrected chi connectivity index (χ4v) is 3.27. The minimum atomic E-state index is -0.0578. The Labute approximate surface area is 135 Å². The van der Waals surface area contributed by atoms with Gasteiger partial charge in [-0.1, -0.05) is 30.7 Å². The van der Waals surface area contributed by atoms with Crippen LogP contribution in [0.15, 0.2) is 24.3 Å². The normalized spacial score (nSPS) is 21.4. The summed E-state index contributed by atoms with van der Waals surface area (Å²) in [5, 5.41) is 1.90. The van der Waals surface area contributed by atoms with E-state index in [0.717, 1.165) is 23.7 Å². The molecule has 1 aliphatic heterocycles. The Morgan fingerprint density at radius 3 is 2.77 bits per heavy atom. The topological polar surface area (TPSA) is 42.4 Å². The molecule has 1 aromatic carbocycles. The van der Waals surface area contributed by atoms with Crippen LogP contribution in [-0.2, 0) is 0 Å². The van der Waals surface area contributed by atoms with Crippen LogP contribution in [0.4, 0.5) is 0 Å². The molecule has 1 saturated heterocycles. The summed E-state index contributed by atoms with van der Waals surface area (Å²) in [6, 6.07) is 7.56. The van der Waals surface area contributed by atoms with Crippen LogP contribution < -0.4 is 4.74 Å². The molecule has 5 heteroatoms. The molecular weight excluding hydrogens is 300 g/mol. The van der Waals surface area contributed by atoms with E-state index in [0.29, 0.717) is 22.5 Å². The first-order valence-corrected chi connectivity index (χ1v) is 7.85. The molecule has 0 N–H and O–H groups in total. The lowest BCUT2D eigenvalue weighted by molar-refractivity contribution is 0.0731. The van der Waals surface area contributed by atoms with Crippen molar-refractivity contribution in [2.24, 2.45) is 5.92 Å². The van der Waals surface area contributed by atoms with Crippen molar-refractivity contribution in [2.45, 2.75) is 26.3 Å². The zero-order valence-corrected chi connectivity index (χ0v) is 13.7. The molecule has 0 spiro atoms. The molecule has 116 valence electrons. The number of likely N-dealkylation sites (tertiary alicyclic amines) is 1. The predicted octanol–water partition coefficient (Wildman–Crippen LogP) is 3.77. The lowest BCUT2D eigenvalue weighted by Crippen LogP contribution is -2.36. The van der Waals surface area contributed by atoms with Crippen LogP contribution in [0.25, 0.3) is 10.8 Å². The molecular formula is C17H19ClN2O2. The number of rotatable bonds is 2. The molecule has 1 aliphatic rings. The number of carbonyl (C=O) groups excluding carboxylic acids is 1. The molecule has 0 saturated carbocycles. The smallest absolute Gasteiger partial charge is 0.273 e. The van der Waals surface area contributed by atoms with E-state index in [2.05, 4.69) is 18.8 Å². The maximum atomic E-state index is 12.9. The van der Waals surface area contributed by atoms with Gasteiger partial charge in [-0.05, 0) is 31.4 Å². The zero-order valence-electron chi connectivity index (χ0n) is 13.0. The maximum absolute atomic E-state index is 12.9. The summed E-state index contributed by atoms with van der Waals surface area (Å²) in [5.41, 5.74) is 0.405. The van der Waals surface area contributed by atoms with E-state index in [-0.39, 0.29) is 11.9 Å². The fraction of sp³-hybridized carbons (Fsp3) is 0.412. The highest BCUT2D eigenvalue weighted by Gasteiger charge is 2.33. The number of hydrogen-bond acceptors (Lipinski definition) is 3.